The molecule has 198 valence electrons. The van der Waals surface area contributed by atoms with Crippen molar-refractivity contribution in [2.24, 2.45) is 0 Å². The molecule has 0 aliphatic carbocycles. The Morgan fingerprint density at radius 1 is 0.875 bits per heavy atom. The van der Waals surface area contributed by atoms with Crippen LogP contribution in [-0.4, -0.2) is 38.4 Å². The number of ether oxygens (including phenoxy) is 1. The third-order valence-electron chi connectivity index (χ3n) is 6.35. The predicted octanol–water partition coefficient (Wildman–Crippen LogP) is 5.43. The first-order valence-corrected chi connectivity index (χ1v) is 12.5. The van der Waals surface area contributed by atoms with Gasteiger partial charge in [-0.2, -0.15) is 4.98 Å². The van der Waals surface area contributed by atoms with Gasteiger partial charge in [0.1, 0.15) is 23.9 Å². The smallest absolute Gasteiger partial charge is 0.261 e. The van der Waals surface area contributed by atoms with Crippen LogP contribution in [0.15, 0.2) is 95.6 Å². The topological polar surface area (TPSA) is 110 Å². The summed E-state index contributed by atoms with van der Waals surface area (Å²) in [5.74, 6) is -0.107. The van der Waals surface area contributed by atoms with Gasteiger partial charge in [0, 0.05) is 30.9 Å². The largest absolute Gasteiger partial charge is 0.472 e. The second kappa shape index (κ2) is 10.8. The minimum absolute atomic E-state index is 0.144. The summed E-state index contributed by atoms with van der Waals surface area (Å²) in [6, 6.07) is 24.0. The lowest BCUT2D eigenvalue weighted by atomic mass is 10.1. The molecule has 0 saturated carbocycles. The van der Waals surface area contributed by atoms with Crippen LogP contribution in [-0.2, 0) is 13.0 Å². The number of carbonyl (C=O) groups excluding carboxylic acids is 2. The van der Waals surface area contributed by atoms with Crippen LogP contribution in [0, 0.1) is 5.82 Å². The number of imide groups is 1. The van der Waals surface area contributed by atoms with Crippen molar-refractivity contribution >= 4 is 23.5 Å². The molecule has 0 bridgehead atoms. The Hall–Kier alpha value is -5.38. The minimum Gasteiger partial charge on any atom is -0.472 e. The first-order chi connectivity index (χ1) is 19.5. The average molecular weight is 536 g/mol. The van der Waals surface area contributed by atoms with Crippen LogP contribution >= 0.6 is 0 Å². The molecule has 1 N–H and O–H groups in total. The summed E-state index contributed by atoms with van der Waals surface area (Å²) in [5, 5.41) is 7.14. The second-order valence-electron chi connectivity index (χ2n) is 9.06. The van der Waals surface area contributed by atoms with Gasteiger partial charge in [-0.1, -0.05) is 53.7 Å². The molecule has 2 aromatic heterocycles. The Labute approximate surface area is 228 Å². The molecule has 3 aromatic carbocycles. The van der Waals surface area contributed by atoms with E-state index in [-0.39, 0.29) is 43.2 Å². The molecule has 0 fully saturated rings. The van der Waals surface area contributed by atoms with Crippen molar-refractivity contribution in [2.75, 3.05) is 11.9 Å². The van der Waals surface area contributed by atoms with Gasteiger partial charge in [0.2, 0.25) is 11.8 Å². The third kappa shape index (κ3) is 5.14. The van der Waals surface area contributed by atoms with Crippen LogP contribution in [0.3, 0.4) is 0 Å². The zero-order chi connectivity index (χ0) is 27.5. The van der Waals surface area contributed by atoms with Crippen molar-refractivity contribution < 1.29 is 23.2 Å². The van der Waals surface area contributed by atoms with E-state index >= 15 is 0 Å². The maximum atomic E-state index is 13.7. The molecule has 0 unspecified atom stereocenters. The number of fused-ring (bicyclic) bond motifs is 1. The highest BCUT2D eigenvalue weighted by molar-refractivity contribution is 6.21. The maximum absolute atomic E-state index is 13.7. The number of nitrogens with one attached hydrogen (secondary N) is 1. The molecule has 3 heterocycles. The van der Waals surface area contributed by atoms with Gasteiger partial charge < -0.3 is 14.6 Å². The van der Waals surface area contributed by atoms with Gasteiger partial charge in [-0.25, -0.2) is 9.37 Å². The number of halogens is 1. The van der Waals surface area contributed by atoms with Crippen molar-refractivity contribution in [1.82, 2.24) is 20.0 Å². The Morgan fingerprint density at radius 3 is 2.38 bits per heavy atom. The monoisotopic (exact) mass is 535 g/mol. The highest BCUT2D eigenvalue weighted by Crippen LogP contribution is 2.30. The summed E-state index contributed by atoms with van der Waals surface area (Å²) in [6.07, 6.45) is 1.82. The number of benzene rings is 3. The Balaban J connectivity index is 1.22. The number of hydrogen-bond acceptors (Lipinski definition) is 8. The van der Waals surface area contributed by atoms with Gasteiger partial charge >= 0.3 is 0 Å². The molecule has 1 aliphatic heterocycles. The average Bonchev–Trinajstić information content (AvgIpc) is 3.54. The minimum atomic E-state index is -0.390. The van der Waals surface area contributed by atoms with Crippen LogP contribution in [0.25, 0.3) is 11.3 Å². The molecule has 0 saturated heterocycles. The van der Waals surface area contributed by atoms with E-state index in [2.05, 4.69) is 20.4 Å². The van der Waals surface area contributed by atoms with E-state index in [1.54, 1.807) is 48.7 Å². The number of rotatable bonds is 9. The molecule has 0 atom stereocenters. The van der Waals surface area contributed by atoms with Crippen LogP contribution in [0.5, 0.6) is 5.88 Å². The van der Waals surface area contributed by atoms with Gasteiger partial charge in [-0.15, -0.1) is 0 Å². The van der Waals surface area contributed by atoms with E-state index < -0.39 is 5.82 Å². The molecule has 10 heteroatoms. The van der Waals surface area contributed by atoms with E-state index in [1.807, 2.05) is 30.3 Å². The molecule has 2 amide bonds. The first-order valence-electron chi connectivity index (χ1n) is 12.5. The number of hydrogen-bond donors (Lipinski definition) is 1. The normalized spacial score (nSPS) is 12.5. The summed E-state index contributed by atoms with van der Waals surface area (Å²) >= 11 is 0. The van der Waals surface area contributed by atoms with E-state index in [1.165, 1.54) is 17.0 Å². The van der Waals surface area contributed by atoms with Crippen molar-refractivity contribution in [3.63, 3.8) is 0 Å². The second-order valence-corrected chi connectivity index (χ2v) is 9.06. The van der Waals surface area contributed by atoms with E-state index in [0.29, 0.717) is 33.8 Å². The number of amides is 2. The fourth-order valence-electron chi connectivity index (χ4n) is 4.36. The van der Waals surface area contributed by atoms with E-state index in [4.69, 9.17) is 9.26 Å². The first kappa shape index (κ1) is 24.9. The lowest BCUT2D eigenvalue weighted by molar-refractivity contribution is 0.0653. The quantitative estimate of drug-likeness (QED) is 0.249. The Bertz CT molecular complexity index is 1670. The van der Waals surface area contributed by atoms with Gasteiger partial charge in [0.15, 0.2) is 0 Å². The van der Waals surface area contributed by atoms with Crippen molar-refractivity contribution in [1.29, 1.82) is 0 Å². The molecule has 5 aromatic rings. The predicted molar refractivity (Wildman–Crippen MR) is 143 cm³/mol. The summed E-state index contributed by atoms with van der Waals surface area (Å²) in [5.41, 5.74) is 3.13. The van der Waals surface area contributed by atoms with E-state index in [9.17, 15) is 14.0 Å². The zero-order valence-corrected chi connectivity index (χ0v) is 21.1. The summed E-state index contributed by atoms with van der Waals surface area (Å²) < 4.78 is 25.2. The van der Waals surface area contributed by atoms with Crippen molar-refractivity contribution in [3.8, 4) is 17.1 Å². The summed E-state index contributed by atoms with van der Waals surface area (Å²) in [6.45, 7) is 0.389. The molecular formula is C30H22FN5O4. The van der Waals surface area contributed by atoms with Crippen molar-refractivity contribution in [2.45, 2.75) is 13.0 Å². The van der Waals surface area contributed by atoms with Gasteiger partial charge in [0.25, 0.3) is 11.8 Å². The summed E-state index contributed by atoms with van der Waals surface area (Å²) in [7, 11) is 0. The number of anilines is 2. The van der Waals surface area contributed by atoms with Gasteiger partial charge in [-0.3, -0.25) is 14.5 Å². The highest BCUT2D eigenvalue weighted by Gasteiger charge is 2.34. The molecule has 9 nitrogen and oxygen atoms in total. The van der Waals surface area contributed by atoms with Gasteiger partial charge in [-0.05, 0) is 35.9 Å². The van der Waals surface area contributed by atoms with Crippen LogP contribution < -0.4 is 10.1 Å². The molecule has 0 spiro atoms. The third-order valence-corrected chi connectivity index (χ3v) is 6.35. The fraction of sp³-hybridized carbons (Fsp3) is 0.100. The van der Waals surface area contributed by atoms with Crippen molar-refractivity contribution in [3.05, 3.63) is 119 Å². The maximum Gasteiger partial charge on any atom is 0.261 e. The highest BCUT2D eigenvalue weighted by atomic mass is 19.1. The Kier molecular flexibility index (Phi) is 6.72. The zero-order valence-electron chi connectivity index (χ0n) is 21.1. The fourth-order valence-corrected chi connectivity index (χ4v) is 4.36. The lowest BCUT2D eigenvalue weighted by Crippen LogP contribution is -2.31. The molecule has 0 radical (unpaired) electrons. The molecule has 40 heavy (non-hydrogen) atoms. The lowest BCUT2D eigenvalue weighted by Gasteiger charge is -2.12. The molecule has 6 rings (SSSR count). The number of nitrogens with zero attached hydrogens (tertiary/aromatic N) is 4. The van der Waals surface area contributed by atoms with Crippen LogP contribution in [0.4, 0.5) is 16.0 Å². The summed E-state index contributed by atoms with van der Waals surface area (Å²) in [4.78, 5) is 35.4. The van der Waals surface area contributed by atoms with E-state index in [0.717, 1.165) is 5.56 Å². The Morgan fingerprint density at radius 2 is 1.62 bits per heavy atom. The van der Waals surface area contributed by atoms with Crippen LogP contribution in [0.1, 0.15) is 32.0 Å². The molecular weight excluding hydrogens is 513 g/mol. The number of carbonyl (C=O) groups is 2. The van der Waals surface area contributed by atoms with Gasteiger partial charge in [0.05, 0.1) is 16.7 Å². The number of aromatic nitrogens is 3. The standard InChI is InChI=1S/C30H22FN5O4/c31-20-9-6-10-21(15-20)33-30-32-17-25(27(34-30)39-18-19-7-2-1-3-8-19)26-16-22(40-35-26)13-14-36-28(37)23-11-4-5-12-24(23)29(36)38/h1-12,15-17H,13-14,18H2,(H,32,33,34). The van der Waals surface area contributed by atoms with Crippen LogP contribution in [0.2, 0.25) is 0 Å². The molecule has 1 aliphatic rings. The SMILES string of the molecule is O=C1c2ccccc2C(=O)N1CCc1cc(-c2cnc(Nc3cccc(F)c3)nc2OCc2ccccc2)no1.